The normalized spacial score (nSPS) is 16.6. The number of piperidine rings is 1. The zero-order chi connectivity index (χ0) is 23.3. The predicted octanol–water partition coefficient (Wildman–Crippen LogP) is 4.12. The molecule has 1 aromatic carbocycles. The van der Waals surface area contributed by atoms with Crippen LogP contribution in [0.3, 0.4) is 0 Å². The molecule has 3 heterocycles. The number of aromatic nitrogens is 2. The van der Waals surface area contributed by atoms with Gasteiger partial charge in [0.2, 0.25) is 17.6 Å². The van der Waals surface area contributed by atoms with Crippen LogP contribution in [0, 0.1) is 5.41 Å². The van der Waals surface area contributed by atoms with Crippen molar-refractivity contribution in [3.8, 4) is 11.4 Å². The molecule has 0 saturated carbocycles. The molecule has 0 atom stereocenters. The van der Waals surface area contributed by atoms with Gasteiger partial charge in [-0.1, -0.05) is 37.7 Å². The molecule has 8 nitrogen and oxygen atoms in total. The zero-order valence-electron chi connectivity index (χ0n) is 19.5. The van der Waals surface area contributed by atoms with Gasteiger partial charge in [-0.15, -0.1) is 0 Å². The average molecular weight is 439 g/mol. The van der Waals surface area contributed by atoms with Gasteiger partial charge in [0.1, 0.15) is 0 Å². The maximum absolute atomic E-state index is 11.4. The van der Waals surface area contributed by atoms with Crippen LogP contribution in [0.5, 0.6) is 0 Å². The first kappa shape index (κ1) is 23.5. The van der Waals surface area contributed by atoms with E-state index in [9.17, 15) is 4.79 Å². The highest BCUT2D eigenvalue weighted by molar-refractivity contribution is 5.88. The fourth-order valence-corrected chi connectivity index (χ4v) is 4.02. The van der Waals surface area contributed by atoms with Crippen LogP contribution in [-0.2, 0) is 4.79 Å². The maximum atomic E-state index is 11.4. The van der Waals surface area contributed by atoms with Crippen molar-refractivity contribution in [1.29, 1.82) is 5.41 Å². The SMILES string of the molecule is C=C(C)N1CCC(c2nc(-c3ccc(C=N)c(NC4CN(C(C)=O)C4)c3)no2)CC1.CC. The third kappa shape index (κ3) is 5.18. The molecule has 2 fully saturated rings. The Bertz CT molecular complexity index is 955. The van der Waals surface area contributed by atoms with Crippen LogP contribution in [0.2, 0.25) is 0 Å². The van der Waals surface area contributed by atoms with Crippen molar-refractivity contribution in [3.63, 3.8) is 0 Å². The van der Waals surface area contributed by atoms with Crippen LogP contribution in [0.25, 0.3) is 11.4 Å². The second-order valence-electron chi connectivity index (χ2n) is 8.16. The molecule has 0 spiro atoms. The Morgan fingerprint density at radius 2 is 1.91 bits per heavy atom. The fourth-order valence-electron chi connectivity index (χ4n) is 4.02. The smallest absolute Gasteiger partial charge is 0.230 e. The maximum Gasteiger partial charge on any atom is 0.230 e. The molecule has 1 aromatic heterocycles. The Morgan fingerprint density at radius 1 is 1.22 bits per heavy atom. The molecule has 2 aliphatic rings. The molecule has 4 rings (SSSR count). The van der Waals surface area contributed by atoms with Crippen LogP contribution in [0.15, 0.2) is 35.0 Å². The van der Waals surface area contributed by atoms with E-state index in [4.69, 9.17) is 9.93 Å². The quantitative estimate of drug-likeness (QED) is 0.659. The second-order valence-corrected chi connectivity index (χ2v) is 8.16. The van der Waals surface area contributed by atoms with E-state index in [1.165, 1.54) is 6.21 Å². The number of allylic oxidation sites excluding steroid dienone is 1. The number of hydrogen-bond donors (Lipinski definition) is 2. The van der Waals surface area contributed by atoms with Gasteiger partial charge in [0, 0.05) is 67.7 Å². The van der Waals surface area contributed by atoms with Crippen LogP contribution in [0.4, 0.5) is 5.69 Å². The summed E-state index contributed by atoms with van der Waals surface area (Å²) >= 11 is 0. The number of benzene rings is 1. The van der Waals surface area contributed by atoms with Crippen molar-refractivity contribution in [2.24, 2.45) is 0 Å². The van der Waals surface area contributed by atoms with Crippen molar-refractivity contribution >= 4 is 17.8 Å². The third-order valence-electron chi connectivity index (χ3n) is 5.98. The van der Waals surface area contributed by atoms with Gasteiger partial charge >= 0.3 is 0 Å². The van der Waals surface area contributed by atoms with Gasteiger partial charge in [-0.2, -0.15) is 4.98 Å². The summed E-state index contributed by atoms with van der Waals surface area (Å²) in [6.45, 7) is 14.9. The lowest BCUT2D eigenvalue weighted by Crippen LogP contribution is -2.56. The molecule has 172 valence electrons. The summed E-state index contributed by atoms with van der Waals surface area (Å²) in [7, 11) is 0. The van der Waals surface area contributed by atoms with E-state index in [1.807, 2.05) is 39.0 Å². The lowest BCUT2D eigenvalue weighted by atomic mass is 9.96. The average Bonchev–Trinajstić information content (AvgIpc) is 3.27. The Kier molecular flexibility index (Phi) is 7.66. The van der Waals surface area contributed by atoms with Crippen LogP contribution < -0.4 is 5.32 Å². The number of hydrogen-bond acceptors (Lipinski definition) is 7. The zero-order valence-corrected chi connectivity index (χ0v) is 19.5. The number of rotatable bonds is 6. The lowest BCUT2D eigenvalue weighted by molar-refractivity contribution is -0.132. The lowest BCUT2D eigenvalue weighted by Gasteiger charge is -2.39. The summed E-state index contributed by atoms with van der Waals surface area (Å²) in [5.41, 5.74) is 3.58. The number of nitrogens with zero attached hydrogens (tertiary/aromatic N) is 4. The first-order valence-corrected chi connectivity index (χ1v) is 11.4. The fraction of sp³-hybridized carbons (Fsp3) is 0.500. The summed E-state index contributed by atoms with van der Waals surface area (Å²) in [4.78, 5) is 20.1. The van der Waals surface area contributed by atoms with Gasteiger partial charge in [0.15, 0.2) is 0 Å². The monoisotopic (exact) mass is 438 g/mol. The largest absolute Gasteiger partial charge is 0.378 e. The van der Waals surface area contributed by atoms with Gasteiger partial charge in [-0.05, 0) is 25.8 Å². The minimum atomic E-state index is 0.0856. The standard InChI is InChI=1S/C22H28N6O2.C2H6/c1-14(2)27-8-6-16(7-9-27)22-25-21(26-30-22)17-4-5-18(11-23)20(10-17)24-19-12-28(13-19)15(3)29;1-2/h4-5,10-11,16,19,23-24H,1,6-9,12-13H2,2-3H3;1-2H3. The molecule has 0 unspecified atom stereocenters. The first-order chi connectivity index (χ1) is 15.4. The van der Waals surface area contributed by atoms with Gasteiger partial charge in [0.05, 0.1) is 6.04 Å². The highest BCUT2D eigenvalue weighted by Gasteiger charge is 2.29. The van der Waals surface area contributed by atoms with Gasteiger partial charge in [0.25, 0.3) is 0 Å². The highest BCUT2D eigenvalue weighted by Crippen LogP contribution is 2.31. The first-order valence-electron chi connectivity index (χ1n) is 11.4. The Balaban J connectivity index is 0.00000141. The van der Waals surface area contributed by atoms with Crippen molar-refractivity contribution in [2.45, 2.75) is 52.5 Å². The molecule has 8 heteroatoms. The number of anilines is 1. The number of likely N-dealkylation sites (tertiary alicyclic amines) is 2. The number of nitrogens with one attached hydrogen (secondary N) is 2. The van der Waals surface area contributed by atoms with Crippen LogP contribution in [0.1, 0.15) is 57.9 Å². The van der Waals surface area contributed by atoms with Crippen LogP contribution in [-0.4, -0.2) is 64.3 Å². The predicted molar refractivity (Wildman–Crippen MR) is 127 cm³/mol. The van der Waals surface area contributed by atoms with E-state index in [1.54, 1.807) is 11.8 Å². The third-order valence-corrected chi connectivity index (χ3v) is 5.98. The summed E-state index contributed by atoms with van der Waals surface area (Å²) in [6, 6.07) is 5.93. The van der Waals surface area contributed by atoms with E-state index in [-0.39, 0.29) is 17.9 Å². The molecular weight excluding hydrogens is 404 g/mol. The Labute approximate surface area is 190 Å². The van der Waals surface area contributed by atoms with Gasteiger partial charge < -0.3 is 25.0 Å². The summed E-state index contributed by atoms with van der Waals surface area (Å²) in [5, 5.41) is 15.3. The topological polar surface area (TPSA) is 98.4 Å². The molecule has 1 amide bonds. The van der Waals surface area contributed by atoms with E-state index in [0.29, 0.717) is 24.8 Å². The Morgan fingerprint density at radius 3 is 2.50 bits per heavy atom. The summed E-state index contributed by atoms with van der Waals surface area (Å²) < 4.78 is 5.59. The molecule has 2 saturated heterocycles. The van der Waals surface area contributed by atoms with Crippen molar-refractivity contribution in [2.75, 3.05) is 31.5 Å². The van der Waals surface area contributed by atoms with Crippen molar-refractivity contribution < 1.29 is 9.32 Å². The van der Waals surface area contributed by atoms with E-state index in [2.05, 4.69) is 26.9 Å². The molecule has 0 radical (unpaired) electrons. The van der Waals surface area contributed by atoms with Crippen molar-refractivity contribution in [1.82, 2.24) is 19.9 Å². The van der Waals surface area contributed by atoms with Gasteiger partial charge in [-0.3, -0.25) is 4.79 Å². The number of carbonyl (C=O) groups is 1. The summed E-state index contributed by atoms with van der Waals surface area (Å²) in [6.07, 6.45) is 3.27. The minimum absolute atomic E-state index is 0.0856. The molecule has 2 aliphatic heterocycles. The highest BCUT2D eigenvalue weighted by atomic mass is 16.5. The Hall–Kier alpha value is -3.16. The molecule has 2 aromatic rings. The van der Waals surface area contributed by atoms with E-state index in [0.717, 1.165) is 48.4 Å². The molecule has 0 aliphatic carbocycles. The minimum Gasteiger partial charge on any atom is -0.378 e. The van der Waals surface area contributed by atoms with Gasteiger partial charge in [-0.25, -0.2) is 0 Å². The van der Waals surface area contributed by atoms with Crippen molar-refractivity contribution in [3.05, 3.63) is 41.9 Å². The molecular formula is C24H34N6O2. The summed E-state index contributed by atoms with van der Waals surface area (Å²) in [5.74, 6) is 1.61. The van der Waals surface area contributed by atoms with Crippen LogP contribution >= 0.6 is 0 Å². The number of amides is 1. The molecule has 2 N–H and O–H groups in total. The number of carbonyl (C=O) groups excluding carboxylic acids is 1. The molecule has 32 heavy (non-hydrogen) atoms. The van der Waals surface area contributed by atoms with E-state index >= 15 is 0 Å². The molecule has 0 bridgehead atoms. The van der Waals surface area contributed by atoms with E-state index < -0.39 is 0 Å². The second kappa shape index (κ2) is 10.4.